The van der Waals surface area contributed by atoms with Crippen molar-refractivity contribution in [2.24, 2.45) is 5.73 Å². The van der Waals surface area contributed by atoms with Gasteiger partial charge in [0.1, 0.15) is 0 Å². The van der Waals surface area contributed by atoms with Crippen molar-refractivity contribution >= 4 is 18.4 Å². The Balaban J connectivity index is 1.89. The second-order valence-electron chi connectivity index (χ2n) is 7.48. The fourth-order valence-corrected chi connectivity index (χ4v) is 8.40. The zero-order chi connectivity index (χ0) is 19.2. The average molecular weight is 382 g/mol. The summed E-state index contributed by atoms with van der Waals surface area (Å²) in [6, 6.07) is 22.2. The molecule has 2 aromatic carbocycles. The Bertz CT molecular complexity index is 909. The van der Waals surface area contributed by atoms with Crippen LogP contribution in [0.2, 0.25) is 0 Å². The highest BCUT2D eigenvalue weighted by atomic mass is 28.3. The van der Waals surface area contributed by atoms with Crippen molar-refractivity contribution in [1.82, 2.24) is 0 Å². The fraction of sp³-hybridized carbons (Fsp3) is 0.154. The smallest absolute Gasteiger partial charge is 0.172 e. The molecule has 2 aliphatic rings. The summed E-state index contributed by atoms with van der Waals surface area (Å²) in [5.41, 5.74) is 9.77. The SMILES string of the molecule is NC1C=CC(C=C[Si](C2=CCCC=C2)(c2ccccc2)c2ccccc2)=CC1. The third-order valence-electron chi connectivity index (χ3n) is 5.60. The number of hydrogen-bond acceptors (Lipinski definition) is 1. The Labute approximate surface area is 169 Å². The zero-order valence-corrected chi connectivity index (χ0v) is 17.2. The molecule has 1 unspecified atom stereocenters. The number of allylic oxidation sites excluding steroid dienone is 7. The third kappa shape index (κ3) is 3.80. The summed E-state index contributed by atoms with van der Waals surface area (Å²) in [4.78, 5) is 0. The number of rotatable bonds is 5. The van der Waals surface area contributed by atoms with Gasteiger partial charge in [-0.25, -0.2) is 0 Å². The Kier molecular flexibility index (Phi) is 5.70. The van der Waals surface area contributed by atoms with Crippen LogP contribution in [0.5, 0.6) is 0 Å². The van der Waals surface area contributed by atoms with Gasteiger partial charge in [0.15, 0.2) is 8.07 Å². The molecule has 0 radical (unpaired) electrons. The molecule has 0 amide bonds. The van der Waals surface area contributed by atoms with Gasteiger partial charge in [0.25, 0.3) is 0 Å². The Morgan fingerprint density at radius 2 is 1.50 bits per heavy atom. The van der Waals surface area contributed by atoms with Crippen molar-refractivity contribution < 1.29 is 0 Å². The van der Waals surface area contributed by atoms with Gasteiger partial charge in [0.2, 0.25) is 0 Å². The van der Waals surface area contributed by atoms with Crippen molar-refractivity contribution in [2.75, 3.05) is 0 Å². The van der Waals surface area contributed by atoms with Crippen LogP contribution < -0.4 is 16.1 Å². The van der Waals surface area contributed by atoms with Crippen LogP contribution in [-0.2, 0) is 0 Å². The van der Waals surface area contributed by atoms with Crippen LogP contribution in [0.1, 0.15) is 19.3 Å². The topological polar surface area (TPSA) is 26.0 Å². The summed E-state index contributed by atoms with van der Waals surface area (Å²) in [6.45, 7) is 0. The summed E-state index contributed by atoms with van der Waals surface area (Å²) in [5.74, 6) is 0. The van der Waals surface area contributed by atoms with E-state index in [0.29, 0.717) is 0 Å². The molecule has 2 aromatic rings. The molecule has 0 bridgehead atoms. The molecule has 0 saturated carbocycles. The van der Waals surface area contributed by atoms with E-state index in [2.05, 4.69) is 109 Å². The maximum atomic E-state index is 6.01. The molecule has 0 heterocycles. The average Bonchev–Trinajstić information content (AvgIpc) is 2.78. The summed E-state index contributed by atoms with van der Waals surface area (Å²) in [6.07, 6.45) is 19.1. The first-order chi connectivity index (χ1) is 13.8. The molecule has 2 N–H and O–H groups in total. The summed E-state index contributed by atoms with van der Waals surface area (Å²) in [7, 11) is -2.26. The lowest BCUT2D eigenvalue weighted by atomic mass is 10.0. The van der Waals surface area contributed by atoms with E-state index in [9.17, 15) is 0 Å². The third-order valence-corrected chi connectivity index (χ3v) is 10.0. The van der Waals surface area contributed by atoms with Crippen LogP contribution >= 0.6 is 0 Å². The molecular formula is C26H27NSi. The molecule has 1 atom stereocenters. The lowest BCUT2D eigenvalue weighted by Gasteiger charge is -2.33. The zero-order valence-electron chi connectivity index (χ0n) is 16.2. The molecule has 4 rings (SSSR count). The lowest BCUT2D eigenvalue weighted by Crippen LogP contribution is -2.58. The normalized spacial score (nSPS) is 19.5. The van der Waals surface area contributed by atoms with E-state index in [0.717, 1.165) is 19.3 Å². The van der Waals surface area contributed by atoms with E-state index in [1.54, 1.807) is 0 Å². The first kappa shape index (κ1) is 18.7. The Hall–Kier alpha value is -2.68. The van der Waals surface area contributed by atoms with Crippen molar-refractivity contribution in [2.45, 2.75) is 25.3 Å². The van der Waals surface area contributed by atoms with Gasteiger partial charge >= 0.3 is 0 Å². The summed E-state index contributed by atoms with van der Waals surface area (Å²) >= 11 is 0. The van der Waals surface area contributed by atoms with Gasteiger partial charge in [0.05, 0.1) is 0 Å². The van der Waals surface area contributed by atoms with Crippen LogP contribution in [0.25, 0.3) is 0 Å². The molecule has 2 heteroatoms. The molecule has 2 aliphatic carbocycles. The molecule has 0 spiro atoms. The lowest BCUT2D eigenvalue weighted by molar-refractivity contribution is 0.821. The second kappa shape index (κ2) is 8.55. The highest BCUT2D eigenvalue weighted by Gasteiger charge is 2.37. The molecule has 1 nitrogen and oxygen atoms in total. The molecule has 0 aliphatic heterocycles. The Morgan fingerprint density at radius 3 is 2.04 bits per heavy atom. The van der Waals surface area contributed by atoms with Crippen LogP contribution in [0, 0.1) is 0 Å². The number of benzene rings is 2. The highest BCUT2D eigenvalue weighted by Crippen LogP contribution is 2.24. The number of hydrogen-bond donors (Lipinski definition) is 1. The molecule has 0 aromatic heterocycles. The van der Waals surface area contributed by atoms with Gasteiger partial charge in [-0.05, 0) is 40.4 Å². The molecule has 28 heavy (non-hydrogen) atoms. The molecule has 140 valence electrons. The Morgan fingerprint density at radius 1 is 0.821 bits per heavy atom. The van der Waals surface area contributed by atoms with E-state index in [1.165, 1.54) is 21.1 Å². The number of nitrogens with two attached hydrogens (primary N) is 1. The monoisotopic (exact) mass is 381 g/mol. The van der Waals surface area contributed by atoms with Crippen molar-refractivity contribution in [3.63, 3.8) is 0 Å². The minimum atomic E-state index is -2.26. The molecular weight excluding hydrogens is 354 g/mol. The van der Waals surface area contributed by atoms with Gasteiger partial charge in [-0.3, -0.25) is 0 Å². The predicted molar refractivity (Wildman–Crippen MR) is 123 cm³/mol. The standard InChI is InChI=1S/C26H27NSi/c27-23-18-16-22(17-19-23)20-21-28(24-10-4-1-5-11-24,25-12-6-2-7-13-25)26-14-8-3-9-15-26/h1-2,4-8,10-18,20-21,23H,3,9,19,27H2. The first-order valence-corrected chi connectivity index (χ1v) is 12.2. The maximum absolute atomic E-state index is 6.01. The van der Waals surface area contributed by atoms with E-state index in [4.69, 9.17) is 5.73 Å². The van der Waals surface area contributed by atoms with Crippen LogP contribution in [0.4, 0.5) is 0 Å². The minimum Gasteiger partial charge on any atom is -0.324 e. The summed E-state index contributed by atoms with van der Waals surface area (Å²) < 4.78 is 0. The molecule has 0 saturated heterocycles. The minimum absolute atomic E-state index is 0.145. The molecule has 0 fully saturated rings. The van der Waals surface area contributed by atoms with Gasteiger partial charge in [-0.1, -0.05) is 109 Å². The van der Waals surface area contributed by atoms with E-state index in [-0.39, 0.29) is 6.04 Å². The van der Waals surface area contributed by atoms with Crippen molar-refractivity contribution in [3.8, 4) is 0 Å². The van der Waals surface area contributed by atoms with E-state index < -0.39 is 8.07 Å². The first-order valence-electron chi connectivity index (χ1n) is 10.1. The second-order valence-corrected chi connectivity index (χ2v) is 11.2. The predicted octanol–water partition coefficient (Wildman–Crippen LogP) is 4.37. The van der Waals surface area contributed by atoms with Gasteiger partial charge in [0, 0.05) is 6.04 Å². The van der Waals surface area contributed by atoms with E-state index >= 15 is 0 Å². The fourth-order valence-electron chi connectivity index (χ4n) is 4.09. The van der Waals surface area contributed by atoms with E-state index in [1.807, 2.05) is 0 Å². The quantitative estimate of drug-likeness (QED) is 0.765. The summed E-state index contributed by atoms with van der Waals surface area (Å²) in [5, 5.41) is 4.32. The van der Waals surface area contributed by atoms with Crippen LogP contribution in [0.15, 0.2) is 120 Å². The van der Waals surface area contributed by atoms with Crippen molar-refractivity contribution in [3.05, 3.63) is 120 Å². The maximum Gasteiger partial charge on any atom is 0.172 e. The van der Waals surface area contributed by atoms with Gasteiger partial charge < -0.3 is 5.73 Å². The van der Waals surface area contributed by atoms with Gasteiger partial charge in [-0.2, -0.15) is 0 Å². The highest BCUT2D eigenvalue weighted by molar-refractivity contribution is 7.11. The largest absolute Gasteiger partial charge is 0.324 e. The van der Waals surface area contributed by atoms with Crippen LogP contribution in [-0.4, -0.2) is 14.1 Å². The van der Waals surface area contributed by atoms with Crippen LogP contribution in [0.3, 0.4) is 0 Å². The van der Waals surface area contributed by atoms with Crippen molar-refractivity contribution in [1.29, 1.82) is 0 Å². The van der Waals surface area contributed by atoms with Gasteiger partial charge in [-0.15, -0.1) is 0 Å².